The van der Waals surface area contributed by atoms with Gasteiger partial charge in [0, 0.05) is 31.0 Å². The van der Waals surface area contributed by atoms with Gasteiger partial charge in [-0.15, -0.1) is 5.10 Å². The van der Waals surface area contributed by atoms with Gasteiger partial charge < -0.3 is 10.6 Å². The average Bonchev–Trinajstić information content (AvgIpc) is 2.68. The van der Waals surface area contributed by atoms with Crippen LogP contribution in [0.15, 0.2) is 48.8 Å². The third kappa shape index (κ3) is 5.14. The van der Waals surface area contributed by atoms with E-state index in [1.807, 2.05) is 0 Å². The Labute approximate surface area is 153 Å². The van der Waals surface area contributed by atoms with E-state index in [0.29, 0.717) is 12.4 Å². The van der Waals surface area contributed by atoms with Crippen LogP contribution in [-0.2, 0) is 0 Å². The van der Waals surface area contributed by atoms with E-state index in [9.17, 15) is 13.6 Å². The number of nitrogens with one attached hydrogen (secondary N) is 3. The van der Waals surface area contributed by atoms with Crippen LogP contribution in [0, 0.1) is 11.6 Å². The highest BCUT2D eigenvalue weighted by Gasteiger charge is 2.09. The van der Waals surface area contributed by atoms with Crippen molar-refractivity contribution in [2.75, 3.05) is 23.7 Å². The fraction of sp³-hybridized carbons (Fsp3) is 0.118. The lowest BCUT2D eigenvalue weighted by atomic mass is 10.1. The molecule has 0 saturated heterocycles. The number of carbonyl (C=O) groups excluding carboxylic acids is 1. The molecule has 3 aromatic rings. The molecular weight excluding hydrogens is 356 g/mol. The fourth-order valence-electron chi connectivity index (χ4n) is 2.17. The van der Waals surface area contributed by atoms with Gasteiger partial charge >= 0.3 is 6.03 Å². The lowest BCUT2D eigenvalue weighted by molar-refractivity contribution is 0.252. The lowest BCUT2D eigenvalue weighted by Crippen LogP contribution is -2.33. The lowest BCUT2D eigenvalue weighted by Gasteiger charge is -2.09. The predicted octanol–water partition coefficient (Wildman–Crippen LogP) is 2.45. The van der Waals surface area contributed by atoms with Crippen LogP contribution in [-0.4, -0.2) is 39.3 Å². The molecule has 2 aromatic heterocycles. The molecule has 0 fully saturated rings. The Balaban J connectivity index is 1.52. The van der Waals surface area contributed by atoms with Crippen LogP contribution in [0.1, 0.15) is 0 Å². The third-order valence-electron chi connectivity index (χ3n) is 3.37. The van der Waals surface area contributed by atoms with Crippen LogP contribution < -0.4 is 16.0 Å². The Morgan fingerprint density at radius 3 is 2.78 bits per heavy atom. The van der Waals surface area contributed by atoms with E-state index in [1.54, 1.807) is 12.1 Å². The summed E-state index contributed by atoms with van der Waals surface area (Å²) >= 11 is 0. The van der Waals surface area contributed by atoms with Crippen molar-refractivity contribution in [1.82, 2.24) is 25.5 Å². The second-order valence-electron chi connectivity index (χ2n) is 5.31. The molecule has 0 aliphatic heterocycles. The Hall–Kier alpha value is -3.69. The Kier molecular flexibility index (Phi) is 5.77. The highest BCUT2D eigenvalue weighted by Crippen LogP contribution is 2.22. The van der Waals surface area contributed by atoms with E-state index in [2.05, 4.69) is 36.1 Å². The molecule has 0 saturated carbocycles. The minimum absolute atomic E-state index is 0.0434. The fourth-order valence-corrected chi connectivity index (χ4v) is 2.17. The van der Waals surface area contributed by atoms with Crippen LogP contribution >= 0.6 is 0 Å². The van der Waals surface area contributed by atoms with Gasteiger partial charge in [0.1, 0.15) is 11.6 Å². The zero-order valence-electron chi connectivity index (χ0n) is 14.0. The average molecular weight is 371 g/mol. The summed E-state index contributed by atoms with van der Waals surface area (Å²) in [4.78, 5) is 19.9. The van der Waals surface area contributed by atoms with Gasteiger partial charge in [0.2, 0.25) is 5.95 Å². The quantitative estimate of drug-likeness (QED) is 0.575. The summed E-state index contributed by atoms with van der Waals surface area (Å²) in [5.41, 5.74) is 0.291. The number of hydrogen-bond acceptors (Lipinski definition) is 6. The molecule has 8 nitrogen and oxygen atoms in total. The minimum Gasteiger partial charge on any atom is -0.352 e. The van der Waals surface area contributed by atoms with Gasteiger partial charge in [-0.25, -0.2) is 23.5 Å². The van der Waals surface area contributed by atoms with Crippen LogP contribution in [0.25, 0.3) is 11.3 Å². The summed E-state index contributed by atoms with van der Waals surface area (Å²) in [6.07, 6.45) is 2.93. The number of carbonyl (C=O) groups is 1. The second-order valence-corrected chi connectivity index (χ2v) is 5.31. The van der Waals surface area contributed by atoms with E-state index in [4.69, 9.17) is 0 Å². The molecule has 0 bridgehead atoms. The van der Waals surface area contributed by atoms with Crippen molar-refractivity contribution in [3.63, 3.8) is 0 Å². The SMILES string of the molecule is O=C(NCCNc1nccc(-c2cc(F)ccc2F)n1)Nc1cccnn1. The van der Waals surface area contributed by atoms with Crippen molar-refractivity contribution in [2.45, 2.75) is 0 Å². The summed E-state index contributed by atoms with van der Waals surface area (Å²) in [6.45, 7) is 0.594. The second kappa shape index (κ2) is 8.61. The zero-order chi connectivity index (χ0) is 19.1. The summed E-state index contributed by atoms with van der Waals surface area (Å²) in [7, 11) is 0. The standard InChI is InChI=1S/C17H15F2N7O/c18-11-3-4-13(19)12(10-11)14-5-7-20-16(24-14)21-8-9-22-17(27)25-15-2-1-6-23-26-15/h1-7,10H,8-9H2,(H,20,21,24)(H2,22,25,26,27). The molecule has 0 unspecified atom stereocenters. The minimum atomic E-state index is -0.580. The van der Waals surface area contributed by atoms with Crippen molar-refractivity contribution in [2.24, 2.45) is 0 Å². The number of benzene rings is 1. The molecule has 3 N–H and O–H groups in total. The number of urea groups is 1. The highest BCUT2D eigenvalue weighted by atomic mass is 19.1. The first kappa shape index (κ1) is 18.1. The number of amides is 2. The monoisotopic (exact) mass is 371 g/mol. The van der Waals surface area contributed by atoms with Gasteiger partial charge in [0.25, 0.3) is 0 Å². The molecule has 0 aliphatic rings. The van der Waals surface area contributed by atoms with Crippen LogP contribution in [0.2, 0.25) is 0 Å². The largest absolute Gasteiger partial charge is 0.352 e. The van der Waals surface area contributed by atoms with Crippen molar-refractivity contribution in [1.29, 1.82) is 0 Å². The Morgan fingerprint density at radius 1 is 1.07 bits per heavy atom. The van der Waals surface area contributed by atoms with E-state index >= 15 is 0 Å². The van der Waals surface area contributed by atoms with Gasteiger partial charge in [-0.3, -0.25) is 5.32 Å². The first-order chi connectivity index (χ1) is 13.1. The van der Waals surface area contributed by atoms with Crippen molar-refractivity contribution in [3.8, 4) is 11.3 Å². The summed E-state index contributed by atoms with van der Waals surface area (Å²) in [5.74, 6) is -0.579. The van der Waals surface area contributed by atoms with Gasteiger partial charge in [-0.2, -0.15) is 5.10 Å². The predicted molar refractivity (Wildman–Crippen MR) is 94.9 cm³/mol. The van der Waals surface area contributed by atoms with Crippen molar-refractivity contribution >= 4 is 17.8 Å². The van der Waals surface area contributed by atoms with Crippen molar-refractivity contribution < 1.29 is 13.6 Å². The Morgan fingerprint density at radius 2 is 1.96 bits per heavy atom. The smallest absolute Gasteiger partial charge is 0.320 e. The maximum atomic E-state index is 13.8. The molecule has 27 heavy (non-hydrogen) atoms. The van der Waals surface area contributed by atoms with E-state index < -0.39 is 17.7 Å². The molecule has 0 spiro atoms. The molecule has 138 valence electrons. The summed E-state index contributed by atoms with van der Waals surface area (Å²) in [6, 6.07) is 7.45. The van der Waals surface area contributed by atoms with Crippen LogP contribution in [0.4, 0.5) is 25.3 Å². The van der Waals surface area contributed by atoms with Gasteiger partial charge in [0.15, 0.2) is 5.82 Å². The molecule has 0 aliphatic carbocycles. The van der Waals surface area contributed by atoms with E-state index in [1.165, 1.54) is 18.5 Å². The summed E-state index contributed by atoms with van der Waals surface area (Å²) < 4.78 is 27.2. The highest BCUT2D eigenvalue weighted by molar-refractivity contribution is 5.88. The van der Waals surface area contributed by atoms with Crippen molar-refractivity contribution in [3.05, 3.63) is 60.4 Å². The number of anilines is 2. The molecule has 2 amide bonds. The number of aromatic nitrogens is 4. The third-order valence-corrected chi connectivity index (χ3v) is 3.37. The number of nitrogens with zero attached hydrogens (tertiary/aromatic N) is 4. The van der Waals surface area contributed by atoms with Crippen LogP contribution in [0.3, 0.4) is 0 Å². The molecule has 3 rings (SSSR count). The molecule has 2 heterocycles. The zero-order valence-corrected chi connectivity index (χ0v) is 14.0. The normalized spacial score (nSPS) is 10.3. The molecule has 0 radical (unpaired) electrons. The van der Waals surface area contributed by atoms with E-state index in [-0.39, 0.29) is 23.8 Å². The molecule has 0 atom stereocenters. The maximum Gasteiger partial charge on any atom is 0.320 e. The summed E-state index contributed by atoms with van der Waals surface area (Å²) in [5, 5.41) is 15.4. The number of hydrogen-bond donors (Lipinski definition) is 3. The topological polar surface area (TPSA) is 105 Å². The maximum absolute atomic E-state index is 13.8. The molecule has 10 heteroatoms. The number of rotatable bonds is 6. The van der Waals surface area contributed by atoms with Crippen LogP contribution in [0.5, 0.6) is 0 Å². The van der Waals surface area contributed by atoms with Gasteiger partial charge in [0.05, 0.1) is 5.69 Å². The van der Waals surface area contributed by atoms with Gasteiger partial charge in [-0.05, 0) is 36.4 Å². The number of halogens is 2. The molecule has 1 aromatic carbocycles. The Bertz CT molecular complexity index is 924. The first-order valence-electron chi connectivity index (χ1n) is 7.97. The molecular formula is C17H15F2N7O. The van der Waals surface area contributed by atoms with Gasteiger partial charge in [-0.1, -0.05) is 0 Å². The first-order valence-corrected chi connectivity index (χ1v) is 7.97. The van der Waals surface area contributed by atoms with E-state index in [0.717, 1.165) is 18.2 Å².